The van der Waals surface area contributed by atoms with E-state index in [1.54, 1.807) is 24.3 Å². The van der Waals surface area contributed by atoms with Gasteiger partial charge in [-0.25, -0.2) is 4.79 Å². The lowest BCUT2D eigenvalue weighted by Gasteiger charge is -2.36. The highest BCUT2D eigenvalue weighted by Gasteiger charge is 2.21. The molecule has 6 nitrogen and oxygen atoms in total. The molecular weight excluding hydrogens is 316 g/mol. The molecule has 2 aromatic carbocycles. The first-order chi connectivity index (χ1) is 12.3. The van der Waals surface area contributed by atoms with Crippen molar-refractivity contribution in [1.29, 1.82) is 5.26 Å². The lowest BCUT2D eigenvalue weighted by Crippen LogP contribution is -2.50. The summed E-state index contributed by atoms with van der Waals surface area (Å²) in [6, 6.07) is 19.1. The summed E-state index contributed by atoms with van der Waals surface area (Å²) in [6.45, 7) is 2.95. The fourth-order valence-corrected chi connectivity index (χ4v) is 2.79. The quantitative estimate of drug-likeness (QED) is 0.932. The second-order valence-corrected chi connectivity index (χ2v) is 5.71. The van der Waals surface area contributed by atoms with E-state index in [1.165, 1.54) is 5.69 Å². The predicted molar refractivity (Wildman–Crippen MR) is 96.8 cm³/mol. The minimum atomic E-state index is -0.120. The van der Waals surface area contributed by atoms with E-state index in [1.807, 2.05) is 29.2 Å². The fraction of sp³-hybridized carbons (Fsp3) is 0.263. The number of para-hydroxylation sites is 1. The lowest BCUT2D eigenvalue weighted by molar-refractivity contribution is 0.208. The number of amides is 2. The van der Waals surface area contributed by atoms with Crippen LogP contribution < -0.4 is 15.0 Å². The van der Waals surface area contributed by atoms with Gasteiger partial charge in [-0.1, -0.05) is 24.3 Å². The Morgan fingerprint density at radius 1 is 1.08 bits per heavy atom. The smallest absolute Gasteiger partial charge is 0.321 e. The van der Waals surface area contributed by atoms with E-state index < -0.39 is 0 Å². The number of urea groups is 1. The maximum Gasteiger partial charge on any atom is 0.321 e. The van der Waals surface area contributed by atoms with Gasteiger partial charge in [0.15, 0.2) is 6.61 Å². The Morgan fingerprint density at radius 2 is 1.84 bits per heavy atom. The Balaban J connectivity index is 1.54. The zero-order valence-corrected chi connectivity index (χ0v) is 13.9. The molecular formula is C19H20N4O2. The number of anilines is 2. The van der Waals surface area contributed by atoms with Gasteiger partial charge in [0.05, 0.1) is 0 Å². The molecule has 1 aliphatic rings. The average Bonchev–Trinajstić information content (AvgIpc) is 2.67. The number of nitrogens with zero attached hydrogens (tertiary/aromatic N) is 3. The van der Waals surface area contributed by atoms with Crippen molar-refractivity contribution in [2.24, 2.45) is 0 Å². The summed E-state index contributed by atoms with van der Waals surface area (Å²) in [5, 5.41) is 11.4. The SMILES string of the molecule is N#CCOc1cccc(NC(=O)N2CCN(c3ccccc3)CC2)c1. The largest absolute Gasteiger partial charge is 0.479 e. The van der Waals surface area contributed by atoms with Gasteiger partial charge >= 0.3 is 6.03 Å². The average molecular weight is 336 g/mol. The van der Waals surface area contributed by atoms with Crippen LogP contribution in [-0.2, 0) is 0 Å². The van der Waals surface area contributed by atoms with Crippen molar-refractivity contribution >= 4 is 17.4 Å². The van der Waals surface area contributed by atoms with Crippen molar-refractivity contribution in [3.8, 4) is 11.8 Å². The van der Waals surface area contributed by atoms with E-state index in [0.717, 1.165) is 13.1 Å². The van der Waals surface area contributed by atoms with E-state index in [4.69, 9.17) is 10.00 Å². The zero-order chi connectivity index (χ0) is 17.5. The highest BCUT2D eigenvalue weighted by molar-refractivity contribution is 5.89. The molecule has 2 aromatic rings. The molecule has 0 aliphatic carbocycles. The number of benzene rings is 2. The van der Waals surface area contributed by atoms with E-state index in [0.29, 0.717) is 24.5 Å². The lowest BCUT2D eigenvalue weighted by atomic mass is 10.2. The Morgan fingerprint density at radius 3 is 2.56 bits per heavy atom. The van der Waals surface area contributed by atoms with Gasteiger partial charge in [0.25, 0.3) is 0 Å². The van der Waals surface area contributed by atoms with Crippen LogP contribution in [0.3, 0.4) is 0 Å². The van der Waals surface area contributed by atoms with Gasteiger partial charge in [-0.3, -0.25) is 0 Å². The molecule has 1 aliphatic heterocycles. The monoisotopic (exact) mass is 336 g/mol. The summed E-state index contributed by atoms with van der Waals surface area (Å²) in [5.41, 5.74) is 1.84. The van der Waals surface area contributed by atoms with Gasteiger partial charge in [-0.2, -0.15) is 5.26 Å². The first-order valence-electron chi connectivity index (χ1n) is 8.22. The highest BCUT2D eigenvalue weighted by Crippen LogP contribution is 2.19. The molecule has 6 heteroatoms. The second-order valence-electron chi connectivity index (χ2n) is 5.71. The Bertz CT molecular complexity index is 750. The molecule has 0 saturated carbocycles. The van der Waals surface area contributed by atoms with Crippen molar-refractivity contribution in [3.05, 3.63) is 54.6 Å². The van der Waals surface area contributed by atoms with Gasteiger partial charge in [-0.05, 0) is 24.3 Å². The van der Waals surface area contributed by atoms with Gasteiger partial charge in [0.1, 0.15) is 11.8 Å². The molecule has 1 heterocycles. The standard InChI is InChI=1S/C19H20N4O2/c20-9-14-25-18-8-4-5-16(15-18)21-19(24)23-12-10-22(11-13-23)17-6-2-1-3-7-17/h1-8,15H,10-14H2,(H,21,24). The van der Waals surface area contributed by atoms with Crippen LogP contribution in [0.1, 0.15) is 0 Å². The second kappa shape index (κ2) is 8.06. The van der Waals surface area contributed by atoms with Gasteiger partial charge in [0.2, 0.25) is 0 Å². The molecule has 128 valence electrons. The van der Waals surface area contributed by atoms with Crippen molar-refractivity contribution in [3.63, 3.8) is 0 Å². The number of hydrogen-bond acceptors (Lipinski definition) is 4. The Labute approximate surface area is 147 Å². The summed E-state index contributed by atoms with van der Waals surface area (Å²) in [7, 11) is 0. The van der Waals surface area contributed by atoms with E-state index in [9.17, 15) is 4.79 Å². The molecule has 0 spiro atoms. The third kappa shape index (κ3) is 4.42. The van der Waals surface area contributed by atoms with Crippen LogP contribution in [-0.4, -0.2) is 43.7 Å². The molecule has 0 atom stereocenters. The van der Waals surface area contributed by atoms with Crippen LogP contribution in [0.2, 0.25) is 0 Å². The highest BCUT2D eigenvalue weighted by atomic mass is 16.5. The molecule has 2 amide bonds. The summed E-state index contributed by atoms with van der Waals surface area (Å²) >= 11 is 0. The fourth-order valence-electron chi connectivity index (χ4n) is 2.79. The summed E-state index contributed by atoms with van der Waals surface area (Å²) in [5.74, 6) is 0.563. The molecule has 25 heavy (non-hydrogen) atoms. The van der Waals surface area contributed by atoms with Gasteiger partial charge < -0.3 is 19.9 Å². The maximum absolute atomic E-state index is 12.4. The van der Waals surface area contributed by atoms with Crippen LogP contribution >= 0.6 is 0 Å². The van der Waals surface area contributed by atoms with E-state index in [-0.39, 0.29) is 12.6 Å². The molecule has 1 N–H and O–H groups in total. The number of nitrogens with one attached hydrogen (secondary N) is 1. The van der Waals surface area contributed by atoms with Crippen LogP contribution in [0.5, 0.6) is 5.75 Å². The molecule has 0 unspecified atom stereocenters. The normalized spacial score (nSPS) is 13.9. The van der Waals surface area contributed by atoms with Crippen LogP contribution in [0, 0.1) is 11.3 Å². The number of piperazine rings is 1. The molecule has 1 fully saturated rings. The van der Waals surface area contributed by atoms with Crippen molar-refractivity contribution in [1.82, 2.24) is 4.90 Å². The number of nitriles is 1. The zero-order valence-electron chi connectivity index (χ0n) is 13.9. The summed E-state index contributed by atoms with van der Waals surface area (Å²) in [4.78, 5) is 16.5. The number of ether oxygens (including phenoxy) is 1. The number of carbonyl (C=O) groups is 1. The Kier molecular flexibility index (Phi) is 5.37. The van der Waals surface area contributed by atoms with Crippen molar-refractivity contribution in [2.75, 3.05) is 43.0 Å². The number of hydrogen-bond donors (Lipinski definition) is 1. The molecule has 1 saturated heterocycles. The first-order valence-corrected chi connectivity index (χ1v) is 8.22. The van der Waals surface area contributed by atoms with Crippen LogP contribution in [0.4, 0.5) is 16.2 Å². The third-order valence-corrected chi connectivity index (χ3v) is 4.08. The minimum absolute atomic E-state index is 0.0150. The third-order valence-electron chi connectivity index (χ3n) is 4.08. The topological polar surface area (TPSA) is 68.6 Å². The molecule has 0 radical (unpaired) electrons. The van der Waals surface area contributed by atoms with E-state index >= 15 is 0 Å². The number of rotatable bonds is 4. The first kappa shape index (κ1) is 16.7. The molecule has 3 rings (SSSR count). The summed E-state index contributed by atoms with van der Waals surface area (Å²) < 4.78 is 5.25. The summed E-state index contributed by atoms with van der Waals surface area (Å²) in [6.07, 6.45) is 0. The van der Waals surface area contributed by atoms with Crippen LogP contribution in [0.25, 0.3) is 0 Å². The Hall–Kier alpha value is -3.20. The van der Waals surface area contributed by atoms with Gasteiger partial charge in [0, 0.05) is 43.6 Å². The molecule has 0 bridgehead atoms. The number of carbonyl (C=O) groups excluding carboxylic acids is 1. The molecule has 0 aromatic heterocycles. The minimum Gasteiger partial charge on any atom is -0.479 e. The predicted octanol–water partition coefficient (Wildman–Crippen LogP) is 2.94. The van der Waals surface area contributed by atoms with Crippen molar-refractivity contribution in [2.45, 2.75) is 0 Å². The van der Waals surface area contributed by atoms with Gasteiger partial charge in [-0.15, -0.1) is 0 Å². The van der Waals surface area contributed by atoms with Crippen molar-refractivity contribution < 1.29 is 9.53 Å². The van der Waals surface area contributed by atoms with Crippen LogP contribution in [0.15, 0.2) is 54.6 Å². The maximum atomic E-state index is 12.4. The van der Waals surface area contributed by atoms with E-state index in [2.05, 4.69) is 22.3 Å².